The lowest BCUT2D eigenvalue weighted by Gasteiger charge is -2.34. The third kappa shape index (κ3) is 4.08. The first-order chi connectivity index (χ1) is 9.32. The molecule has 0 radical (unpaired) electrons. The first-order valence-corrected chi connectivity index (χ1v) is 7.51. The molecule has 1 rings (SSSR count). The van der Waals surface area contributed by atoms with Crippen molar-refractivity contribution in [3.05, 3.63) is 39.9 Å². The second kappa shape index (κ2) is 7.26. The minimum absolute atomic E-state index is 0.0762. The van der Waals surface area contributed by atoms with Crippen LogP contribution in [0.2, 0.25) is 10.0 Å². The molecule has 0 saturated heterocycles. The van der Waals surface area contributed by atoms with Gasteiger partial charge in [0.2, 0.25) is 0 Å². The number of likely N-dealkylation sites (N-methyl/N-ethyl adjacent to an activating group) is 1. The Labute approximate surface area is 131 Å². The molecule has 0 spiro atoms. The molecule has 0 amide bonds. The topological polar surface area (TPSA) is 20.3 Å². The SMILES string of the molecule is CCN(CC)C(C)(C)C(=O)/C=C/c1ccc(Cl)c(Cl)c1. The predicted octanol–water partition coefficient (Wildman–Crippen LogP) is 4.70. The summed E-state index contributed by atoms with van der Waals surface area (Å²) < 4.78 is 0. The molecular weight excluding hydrogens is 293 g/mol. The normalized spacial score (nSPS) is 12.3. The molecule has 1 aromatic rings. The quantitative estimate of drug-likeness (QED) is 0.710. The van der Waals surface area contributed by atoms with Crippen molar-refractivity contribution >= 4 is 35.1 Å². The highest BCUT2D eigenvalue weighted by Gasteiger charge is 2.30. The van der Waals surface area contributed by atoms with E-state index in [1.54, 1.807) is 24.3 Å². The number of halogens is 2. The van der Waals surface area contributed by atoms with E-state index in [9.17, 15) is 4.79 Å². The average molecular weight is 314 g/mol. The first-order valence-electron chi connectivity index (χ1n) is 6.75. The summed E-state index contributed by atoms with van der Waals surface area (Å²) in [4.78, 5) is 14.5. The van der Waals surface area contributed by atoms with E-state index in [1.165, 1.54) is 0 Å². The number of rotatable bonds is 6. The molecule has 4 heteroatoms. The van der Waals surface area contributed by atoms with Crippen molar-refractivity contribution in [3.63, 3.8) is 0 Å². The van der Waals surface area contributed by atoms with Crippen molar-refractivity contribution in [2.45, 2.75) is 33.2 Å². The maximum Gasteiger partial charge on any atom is 0.175 e. The van der Waals surface area contributed by atoms with Gasteiger partial charge in [0.05, 0.1) is 15.6 Å². The van der Waals surface area contributed by atoms with E-state index in [-0.39, 0.29) is 5.78 Å². The highest BCUT2D eigenvalue weighted by Crippen LogP contribution is 2.23. The van der Waals surface area contributed by atoms with Crippen LogP contribution in [0.25, 0.3) is 6.08 Å². The van der Waals surface area contributed by atoms with Crippen LogP contribution < -0.4 is 0 Å². The Morgan fingerprint density at radius 3 is 2.30 bits per heavy atom. The van der Waals surface area contributed by atoms with E-state index in [0.29, 0.717) is 10.0 Å². The lowest BCUT2D eigenvalue weighted by molar-refractivity contribution is -0.124. The Balaban J connectivity index is 2.88. The summed E-state index contributed by atoms with van der Waals surface area (Å²) in [5.74, 6) is 0.0762. The summed E-state index contributed by atoms with van der Waals surface area (Å²) in [6, 6.07) is 5.31. The number of carbonyl (C=O) groups is 1. The van der Waals surface area contributed by atoms with Crippen molar-refractivity contribution in [1.82, 2.24) is 4.90 Å². The molecule has 110 valence electrons. The molecule has 2 nitrogen and oxygen atoms in total. The van der Waals surface area contributed by atoms with Gasteiger partial charge >= 0.3 is 0 Å². The molecule has 0 aliphatic rings. The van der Waals surface area contributed by atoms with E-state index in [0.717, 1.165) is 18.7 Å². The van der Waals surface area contributed by atoms with E-state index < -0.39 is 5.54 Å². The van der Waals surface area contributed by atoms with Crippen LogP contribution in [0.3, 0.4) is 0 Å². The fraction of sp³-hybridized carbons (Fsp3) is 0.438. The number of nitrogens with zero attached hydrogens (tertiary/aromatic N) is 1. The van der Waals surface area contributed by atoms with Gasteiger partial charge in [-0.1, -0.05) is 49.2 Å². The second-order valence-electron chi connectivity index (χ2n) is 5.10. The summed E-state index contributed by atoms with van der Waals surface area (Å²) in [5.41, 5.74) is 0.360. The van der Waals surface area contributed by atoms with Crippen molar-refractivity contribution in [3.8, 4) is 0 Å². The zero-order chi connectivity index (χ0) is 15.3. The van der Waals surface area contributed by atoms with Gasteiger partial charge in [0.25, 0.3) is 0 Å². The van der Waals surface area contributed by atoms with E-state index >= 15 is 0 Å². The third-order valence-corrected chi connectivity index (χ3v) is 4.27. The van der Waals surface area contributed by atoms with Gasteiger partial charge in [-0.3, -0.25) is 9.69 Å². The van der Waals surface area contributed by atoms with Gasteiger partial charge in [-0.2, -0.15) is 0 Å². The Hall–Kier alpha value is -0.830. The van der Waals surface area contributed by atoms with Gasteiger partial charge in [0.15, 0.2) is 5.78 Å². The summed E-state index contributed by atoms with van der Waals surface area (Å²) in [5, 5.41) is 1.00. The van der Waals surface area contributed by atoms with Crippen LogP contribution in [0.1, 0.15) is 33.3 Å². The maximum absolute atomic E-state index is 12.4. The highest BCUT2D eigenvalue weighted by atomic mass is 35.5. The molecule has 0 N–H and O–H groups in total. The standard InChI is InChI=1S/C16H21Cl2NO/c1-5-19(6-2)16(3,4)15(20)10-8-12-7-9-13(17)14(18)11-12/h7-11H,5-6H2,1-4H3/b10-8+. The molecule has 0 aliphatic carbocycles. The van der Waals surface area contributed by atoms with Gasteiger partial charge in [0, 0.05) is 0 Å². The van der Waals surface area contributed by atoms with Crippen LogP contribution in [-0.4, -0.2) is 29.3 Å². The highest BCUT2D eigenvalue weighted by molar-refractivity contribution is 6.42. The minimum Gasteiger partial charge on any atom is -0.293 e. The van der Waals surface area contributed by atoms with Gasteiger partial charge in [0.1, 0.15) is 0 Å². The van der Waals surface area contributed by atoms with Crippen LogP contribution in [0.5, 0.6) is 0 Å². The Morgan fingerprint density at radius 1 is 1.20 bits per heavy atom. The first kappa shape index (κ1) is 17.2. The molecule has 0 aliphatic heterocycles. The van der Waals surface area contributed by atoms with Crippen LogP contribution in [0.4, 0.5) is 0 Å². The average Bonchev–Trinajstić information content (AvgIpc) is 2.40. The lowest BCUT2D eigenvalue weighted by Crippen LogP contribution is -2.49. The van der Waals surface area contributed by atoms with Crippen molar-refractivity contribution in [1.29, 1.82) is 0 Å². The molecule has 0 saturated carbocycles. The molecule has 0 fully saturated rings. The second-order valence-corrected chi connectivity index (χ2v) is 5.92. The van der Waals surface area contributed by atoms with Gasteiger partial charge in [-0.15, -0.1) is 0 Å². The number of hydrogen-bond donors (Lipinski definition) is 0. The monoisotopic (exact) mass is 313 g/mol. The molecule has 0 atom stereocenters. The maximum atomic E-state index is 12.4. The van der Waals surface area contributed by atoms with Gasteiger partial charge < -0.3 is 0 Å². The molecule has 0 heterocycles. The number of carbonyl (C=O) groups excluding carboxylic acids is 1. The van der Waals surface area contributed by atoms with Crippen LogP contribution >= 0.6 is 23.2 Å². The van der Waals surface area contributed by atoms with E-state index in [2.05, 4.69) is 18.7 Å². The van der Waals surface area contributed by atoms with Crippen LogP contribution in [-0.2, 0) is 4.79 Å². The molecule has 0 unspecified atom stereocenters. The summed E-state index contributed by atoms with van der Waals surface area (Å²) >= 11 is 11.8. The number of hydrogen-bond acceptors (Lipinski definition) is 2. The summed E-state index contributed by atoms with van der Waals surface area (Å²) in [6.45, 7) is 9.69. The Morgan fingerprint density at radius 2 is 1.80 bits per heavy atom. The smallest absolute Gasteiger partial charge is 0.175 e. The van der Waals surface area contributed by atoms with Crippen molar-refractivity contribution in [2.75, 3.05) is 13.1 Å². The van der Waals surface area contributed by atoms with Crippen LogP contribution in [0, 0.1) is 0 Å². The Bertz CT molecular complexity index is 505. The molecule has 0 bridgehead atoms. The summed E-state index contributed by atoms with van der Waals surface area (Å²) in [6.07, 6.45) is 3.38. The predicted molar refractivity (Wildman–Crippen MR) is 87.5 cm³/mol. The zero-order valence-corrected chi connectivity index (χ0v) is 13.9. The minimum atomic E-state index is -0.504. The van der Waals surface area contributed by atoms with Crippen LogP contribution in [0.15, 0.2) is 24.3 Å². The molecule has 20 heavy (non-hydrogen) atoms. The summed E-state index contributed by atoms with van der Waals surface area (Å²) in [7, 11) is 0. The fourth-order valence-electron chi connectivity index (χ4n) is 2.16. The molecular formula is C16H21Cl2NO. The molecule has 1 aromatic carbocycles. The lowest BCUT2D eigenvalue weighted by atomic mass is 9.95. The zero-order valence-electron chi connectivity index (χ0n) is 12.4. The van der Waals surface area contributed by atoms with E-state index in [1.807, 2.05) is 19.9 Å². The number of ketones is 1. The van der Waals surface area contributed by atoms with Crippen molar-refractivity contribution in [2.24, 2.45) is 0 Å². The third-order valence-electron chi connectivity index (χ3n) is 3.53. The van der Waals surface area contributed by atoms with Crippen molar-refractivity contribution < 1.29 is 4.79 Å². The Kier molecular flexibility index (Phi) is 6.25. The van der Waals surface area contributed by atoms with Gasteiger partial charge in [-0.05, 0) is 50.7 Å². The molecule has 0 aromatic heterocycles. The van der Waals surface area contributed by atoms with Gasteiger partial charge in [-0.25, -0.2) is 0 Å². The number of benzene rings is 1. The largest absolute Gasteiger partial charge is 0.293 e. The van der Waals surface area contributed by atoms with E-state index in [4.69, 9.17) is 23.2 Å². The fourth-order valence-corrected chi connectivity index (χ4v) is 2.47.